The van der Waals surface area contributed by atoms with Gasteiger partial charge in [0.15, 0.2) is 0 Å². The molecule has 0 amide bonds. The fraction of sp³-hybridized carbons (Fsp3) is 0.0833. The second kappa shape index (κ2) is 6.73. The summed E-state index contributed by atoms with van der Waals surface area (Å²) in [4.78, 5) is 18.7. The Hall–Kier alpha value is -3.24. The largest absolute Gasteiger partial charge is 0.294 e. The van der Waals surface area contributed by atoms with Gasteiger partial charge in [-0.25, -0.2) is 4.98 Å². The van der Waals surface area contributed by atoms with Crippen molar-refractivity contribution >= 4 is 32.3 Å². The molecule has 0 N–H and O–H groups in total. The van der Waals surface area contributed by atoms with Crippen LogP contribution < -0.4 is 5.56 Å². The minimum atomic E-state index is 0.00904. The number of hydrogen-bond acceptors (Lipinski definition) is 3. The molecule has 2 heterocycles. The predicted octanol–water partition coefficient (Wildman–Crippen LogP) is 5.63. The van der Waals surface area contributed by atoms with Gasteiger partial charge in [0.2, 0.25) is 0 Å². The van der Waals surface area contributed by atoms with Crippen LogP contribution in [0.25, 0.3) is 32.1 Å². The Morgan fingerprint density at radius 2 is 1.71 bits per heavy atom. The third-order valence-corrected chi connectivity index (χ3v) is 6.00. The summed E-state index contributed by atoms with van der Waals surface area (Å²) in [6, 6.07) is 22.8. The summed E-state index contributed by atoms with van der Waals surface area (Å²) in [5, 5.41) is 5.08. The van der Waals surface area contributed by atoms with E-state index in [0.29, 0.717) is 11.9 Å². The number of benzene rings is 3. The van der Waals surface area contributed by atoms with E-state index in [1.807, 2.05) is 18.2 Å². The predicted molar refractivity (Wildman–Crippen MR) is 117 cm³/mol. The van der Waals surface area contributed by atoms with Crippen molar-refractivity contribution in [2.75, 3.05) is 0 Å². The zero-order chi connectivity index (χ0) is 19.1. The smallest absolute Gasteiger partial charge is 0.263 e. The second-order valence-electron chi connectivity index (χ2n) is 7.02. The Kier molecular flexibility index (Phi) is 4.06. The molecule has 3 nitrogen and oxygen atoms in total. The van der Waals surface area contributed by atoms with E-state index in [4.69, 9.17) is 0 Å². The maximum Gasteiger partial charge on any atom is 0.263 e. The highest BCUT2D eigenvalue weighted by molar-refractivity contribution is 7.17. The van der Waals surface area contributed by atoms with Gasteiger partial charge in [0, 0.05) is 10.9 Å². The van der Waals surface area contributed by atoms with E-state index < -0.39 is 0 Å². The fourth-order valence-corrected chi connectivity index (χ4v) is 4.53. The van der Waals surface area contributed by atoms with Crippen molar-refractivity contribution < 1.29 is 0 Å². The Morgan fingerprint density at radius 3 is 2.57 bits per heavy atom. The van der Waals surface area contributed by atoms with E-state index in [0.717, 1.165) is 26.9 Å². The standard InChI is InChI=1S/C24H18N2OS/c1-16-9-11-17(12-10-16)13-26-15-25-23-22(24(26)27)21(14-28-23)20-8-4-6-18-5-2-3-7-19(18)20/h2-12,14-15H,13H2,1H3. The number of aryl methyl sites for hydroxylation is 1. The number of aromatic nitrogens is 2. The number of nitrogens with zero attached hydrogens (tertiary/aromatic N) is 2. The lowest BCUT2D eigenvalue weighted by Gasteiger charge is -2.08. The van der Waals surface area contributed by atoms with Crippen LogP contribution in [-0.2, 0) is 6.54 Å². The molecule has 5 aromatic rings. The van der Waals surface area contributed by atoms with E-state index in [1.54, 1.807) is 10.9 Å². The molecule has 4 heteroatoms. The molecule has 0 saturated carbocycles. The molecule has 3 aromatic carbocycles. The van der Waals surface area contributed by atoms with Crippen molar-refractivity contribution in [3.63, 3.8) is 0 Å². The lowest BCUT2D eigenvalue weighted by molar-refractivity contribution is 0.749. The minimum absolute atomic E-state index is 0.00904. The van der Waals surface area contributed by atoms with Gasteiger partial charge in [-0.3, -0.25) is 9.36 Å². The van der Waals surface area contributed by atoms with Crippen LogP contribution in [-0.4, -0.2) is 9.55 Å². The third-order valence-electron chi connectivity index (χ3n) is 5.11. The van der Waals surface area contributed by atoms with E-state index >= 15 is 0 Å². The van der Waals surface area contributed by atoms with Crippen LogP contribution in [0.3, 0.4) is 0 Å². The molecule has 0 aliphatic carbocycles. The Morgan fingerprint density at radius 1 is 0.929 bits per heavy atom. The van der Waals surface area contributed by atoms with Crippen LogP contribution in [0.1, 0.15) is 11.1 Å². The van der Waals surface area contributed by atoms with Crippen LogP contribution in [0.2, 0.25) is 0 Å². The Balaban J connectivity index is 1.69. The molecule has 5 rings (SSSR count). The number of fused-ring (bicyclic) bond motifs is 2. The van der Waals surface area contributed by atoms with E-state index in [9.17, 15) is 4.79 Å². The monoisotopic (exact) mass is 382 g/mol. The van der Waals surface area contributed by atoms with E-state index in [2.05, 4.69) is 65.8 Å². The van der Waals surface area contributed by atoms with Gasteiger partial charge in [-0.05, 0) is 28.8 Å². The highest BCUT2D eigenvalue weighted by atomic mass is 32.1. The maximum atomic E-state index is 13.3. The highest BCUT2D eigenvalue weighted by Gasteiger charge is 2.15. The van der Waals surface area contributed by atoms with Crippen LogP contribution in [0.15, 0.2) is 83.2 Å². The van der Waals surface area contributed by atoms with Crippen molar-refractivity contribution in [2.45, 2.75) is 13.5 Å². The first-order valence-electron chi connectivity index (χ1n) is 9.21. The van der Waals surface area contributed by atoms with Gasteiger partial charge in [-0.1, -0.05) is 72.3 Å². The van der Waals surface area contributed by atoms with Crippen molar-refractivity contribution in [1.82, 2.24) is 9.55 Å². The highest BCUT2D eigenvalue weighted by Crippen LogP contribution is 2.35. The average Bonchev–Trinajstić information content (AvgIpc) is 3.16. The molecular weight excluding hydrogens is 364 g/mol. The number of thiophene rings is 1. The number of rotatable bonds is 3. The normalized spacial score (nSPS) is 11.3. The first-order chi connectivity index (χ1) is 13.7. The lowest BCUT2D eigenvalue weighted by atomic mass is 9.99. The lowest BCUT2D eigenvalue weighted by Crippen LogP contribution is -2.20. The number of hydrogen-bond donors (Lipinski definition) is 0. The zero-order valence-electron chi connectivity index (χ0n) is 15.4. The molecule has 0 aliphatic rings. The van der Waals surface area contributed by atoms with E-state index in [1.165, 1.54) is 22.3 Å². The molecule has 0 saturated heterocycles. The minimum Gasteiger partial charge on any atom is -0.294 e. The van der Waals surface area contributed by atoms with Gasteiger partial charge in [0.1, 0.15) is 4.83 Å². The Bertz CT molecular complexity index is 1360. The third kappa shape index (κ3) is 2.83. The van der Waals surface area contributed by atoms with Gasteiger partial charge < -0.3 is 0 Å². The molecule has 0 spiro atoms. The molecule has 28 heavy (non-hydrogen) atoms. The van der Waals surface area contributed by atoms with Crippen LogP contribution in [0.5, 0.6) is 0 Å². The van der Waals surface area contributed by atoms with Crippen molar-refractivity contribution in [3.05, 3.63) is 99.9 Å². The summed E-state index contributed by atoms with van der Waals surface area (Å²) >= 11 is 1.52. The molecular formula is C24H18N2OS. The molecule has 0 radical (unpaired) electrons. The van der Waals surface area contributed by atoms with Crippen LogP contribution in [0.4, 0.5) is 0 Å². The molecule has 0 aliphatic heterocycles. The van der Waals surface area contributed by atoms with Gasteiger partial charge in [0.05, 0.1) is 18.3 Å². The maximum absolute atomic E-state index is 13.3. The molecule has 136 valence electrons. The quantitative estimate of drug-likeness (QED) is 0.405. The molecule has 2 aromatic heterocycles. The summed E-state index contributed by atoms with van der Waals surface area (Å²) in [7, 11) is 0. The molecule has 0 fully saturated rings. The summed E-state index contributed by atoms with van der Waals surface area (Å²) in [6.45, 7) is 2.58. The van der Waals surface area contributed by atoms with Gasteiger partial charge in [-0.2, -0.15) is 0 Å². The fourth-order valence-electron chi connectivity index (χ4n) is 3.63. The Labute approximate surface area is 166 Å². The first-order valence-corrected chi connectivity index (χ1v) is 10.1. The first kappa shape index (κ1) is 16.9. The second-order valence-corrected chi connectivity index (χ2v) is 7.88. The molecule has 0 unspecified atom stereocenters. The zero-order valence-corrected chi connectivity index (χ0v) is 16.2. The van der Waals surface area contributed by atoms with E-state index in [-0.39, 0.29) is 5.56 Å². The van der Waals surface area contributed by atoms with Crippen LogP contribution in [0, 0.1) is 6.92 Å². The van der Waals surface area contributed by atoms with Crippen molar-refractivity contribution in [1.29, 1.82) is 0 Å². The summed E-state index contributed by atoms with van der Waals surface area (Å²) in [5.41, 5.74) is 4.36. The summed E-state index contributed by atoms with van der Waals surface area (Å²) in [5.74, 6) is 0. The molecule has 0 bridgehead atoms. The van der Waals surface area contributed by atoms with Gasteiger partial charge in [-0.15, -0.1) is 11.3 Å². The van der Waals surface area contributed by atoms with Crippen molar-refractivity contribution in [3.8, 4) is 11.1 Å². The summed E-state index contributed by atoms with van der Waals surface area (Å²) < 4.78 is 1.70. The van der Waals surface area contributed by atoms with Crippen molar-refractivity contribution in [2.24, 2.45) is 0 Å². The average molecular weight is 382 g/mol. The van der Waals surface area contributed by atoms with Gasteiger partial charge >= 0.3 is 0 Å². The SMILES string of the molecule is Cc1ccc(Cn2cnc3scc(-c4cccc5ccccc45)c3c2=O)cc1. The van der Waals surface area contributed by atoms with Gasteiger partial charge in [0.25, 0.3) is 5.56 Å². The topological polar surface area (TPSA) is 34.9 Å². The van der Waals surface area contributed by atoms with Crippen LogP contribution >= 0.6 is 11.3 Å². The summed E-state index contributed by atoms with van der Waals surface area (Å²) in [6.07, 6.45) is 1.66. The molecule has 0 atom stereocenters.